The van der Waals surface area contributed by atoms with Gasteiger partial charge in [-0.1, -0.05) is 35.9 Å². The van der Waals surface area contributed by atoms with E-state index in [2.05, 4.69) is 33.2 Å². The average molecular weight is 445 g/mol. The Bertz CT molecular complexity index is 721. The molecule has 1 amide bonds. The number of carbonyl (C=O) groups is 1. The van der Waals surface area contributed by atoms with Crippen molar-refractivity contribution in [3.63, 3.8) is 0 Å². The smallest absolute Gasteiger partial charge is 0.257 e. The van der Waals surface area contributed by atoms with Crippen molar-refractivity contribution in [2.75, 3.05) is 0 Å². The van der Waals surface area contributed by atoms with E-state index in [9.17, 15) is 4.79 Å². The summed E-state index contributed by atoms with van der Waals surface area (Å²) in [7, 11) is 0. The highest BCUT2D eigenvalue weighted by atomic mass is 127. The minimum atomic E-state index is -0.227. The Hall–Kier alpha value is -1.18. The van der Waals surface area contributed by atoms with Crippen molar-refractivity contribution >= 4 is 57.4 Å². The summed E-state index contributed by atoms with van der Waals surface area (Å²) < 4.78 is 1.04. The number of rotatable bonds is 3. The summed E-state index contributed by atoms with van der Waals surface area (Å²) in [5.41, 5.74) is 2.64. The predicted molar refractivity (Wildman–Crippen MR) is 102 cm³/mol. The van der Waals surface area contributed by atoms with Gasteiger partial charge in [-0.15, -0.1) is 0 Å². The lowest BCUT2D eigenvalue weighted by molar-refractivity contribution is 0.0976. The fourth-order valence-electron chi connectivity index (χ4n) is 1.77. The number of nitrogens with one attached hydrogen (secondary N) is 2. The number of hydrogen-bond donors (Lipinski definition) is 2. The van der Waals surface area contributed by atoms with Gasteiger partial charge in [0, 0.05) is 20.7 Å². The molecule has 0 fully saturated rings. The molecule has 0 aromatic heterocycles. The van der Waals surface area contributed by atoms with E-state index in [4.69, 9.17) is 23.8 Å². The van der Waals surface area contributed by atoms with Gasteiger partial charge in [-0.3, -0.25) is 10.1 Å². The Balaban J connectivity index is 1.93. The van der Waals surface area contributed by atoms with E-state index in [0.29, 0.717) is 17.1 Å². The normalized spacial score (nSPS) is 10.1. The van der Waals surface area contributed by atoms with Gasteiger partial charge in [0.2, 0.25) is 0 Å². The first kappa shape index (κ1) is 17.2. The van der Waals surface area contributed by atoms with Gasteiger partial charge in [0.15, 0.2) is 5.11 Å². The van der Waals surface area contributed by atoms with Crippen molar-refractivity contribution in [3.05, 3.63) is 67.7 Å². The highest BCUT2D eigenvalue weighted by Gasteiger charge is 2.09. The lowest BCUT2D eigenvalue weighted by atomic mass is 10.1. The lowest BCUT2D eigenvalue weighted by Gasteiger charge is -2.11. The number of hydrogen-bond acceptors (Lipinski definition) is 2. The second kappa shape index (κ2) is 7.89. The van der Waals surface area contributed by atoms with Crippen LogP contribution in [-0.2, 0) is 6.54 Å². The molecule has 0 spiro atoms. The van der Waals surface area contributed by atoms with Crippen molar-refractivity contribution in [1.82, 2.24) is 10.6 Å². The molecular weight excluding hydrogens is 431 g/mol. The summed E-state index contributed by atoms with van der Waals surface area (Å²) in [6.45, 7) is 2.46. The Morgan fingerprint density at radius 3 is 2.68 bits per heavy atom. The van der Waals surface area contributed by atoms with Crippen LogP contribution in [0.3, 0.4) is 0 Å². The molecule has 22 heavy (non-hydrogen) atoms. The maximum absolute atomic E-state index is 12.1. The van der Waals surface area contributed by atoms with Crippen LogP contribution in [0.1, 0.15) is 21.5 Å². The summed E-state index contributed by atoms with van der Waals surface area (Å²) in [6, 6.07) is 13.0. The van der Waals surface area contributed by atoms with Crippen LogP contribution in [0.4, 0.5) is 0 Å². The summed E-state index contributed by atoms with van der Waals surface area (Å²) in [5.74, 6) is -0.227. The molecule has 3 nitrogen and oxygen atoms in total. The third-order valence-electron chi connectivity index (χ3n) is 3.06. The molecule has 2 N–H and O–H groups in total. The SMILES string of the molecule is Cc1ccc(C(=O)NC(=S)NCc2ccccc2Cl)cc1I. The van der Waals surface area contributed by atoms with E-state index in [1.165, 1.54) is 0 Å². The quantitative estimate of drug-likeness (QED) is 0.554. The number of amides is 1. The molecule has 0 atom stereocenters. The molecule has 0 unspecified atom stereocenters. The first-order valence-electron chi connectivity index (χ1n) is 6.56. The Kier molecular flexibility index (Phi) is 6.16. The number of aryl methyl sites for hydroxylation is 1. The van der Waals surface area contributed by atoms with Crippen LogP contribution in [0.2, 0.25) is 5.02 Å². The van der Waals surface area contributed by atoms with E-state index in [-0.39, 0.29) is 11.0 Å². The van der Waals surface area contributed by atoms with Crippen LogP contribution >= 0.6 is 46.4 Å². The second-order valence-corrected chi connectivity index (χ2v) is 6.67. The highest BCUT2D eigenvalue weighted by Crippen LogP contribution is 2.15. The number of benzene rings is 2. The van der Waals surface area contributed by atoms with Crippen molar-refractivity contribution < 1.29 is 4.79 Å². The summed E-state index contributed by atoms with van der Waals surface area (Å²) in [5, 5.41) is 6.59. The molecule has 0 aliphatic heterocycles. The molecule has 0 heterocycles. The topological polar surface area (TPSA) is 41.1 Å². The van der Waals surface area contributed by atoms with Crippen LogP contribution < -0.4 is 10.6 Å². The van der Waals surface area contributed by atoms with Gasteiger partial charge in [0.1, 0.15) is 0 Å². The maximum Gasteiger partial charge on any atom is 0.257 e. The number of halogens is 2. The summed E-state index contributed by atoms with van der Waals surface area (Å²) in [4.78, 5) is 12.1. The minimum absolute atomic E-state index is 0.227. The molecule has 0 aliphatic rings. The molecule has 0 bridgehead atoms. The van der Waals surface area contributed by atoms with E-state index in [1.54, 1.807) is 6.07 Å². The minimum Gasteiger partial charge on any atom is -0.358 e. The molecule has 2 aromatic rings. The van der Waals surface area contributed by atoms with E-state index in [0.717, 1.165) is 14.7 Å². The molecule has 6 heteroatoms. The molecule has 0 saturated heterocycles. The summed E-state index contributed by atoms with van der Waals surface area (Å²) >= 11 is 13.4. The molecule has 114 valence electrons. The van der Waals surface area contributed by atoms with Crippen LogP contribution in [0.25, 0.3) is 0 Å². The van der Waals surface area contributed by atoms with Crippen LogP contribution in [0.5, 0.6) is 0 Å². The van der Waals surface area contributed by atoms with E-state index >= 15 is 0 Å². The highest BCUT2D eigenvalue weighted by molar-refractivity contribution is 14.1. The van der Waals surface area contributed by atoms with Crippen LogP contribution in [0.15, 0.2) is 42.5 Å². The largest absolute Gasteiger partial charge is 0.358 e. The first-order valence-corrected chi connectivity index (χ1v) is 8.42. The molecule has 2 aromatic carbocycles. The van der Waals surface area contributed by atoms with Gasteiger partial charge in [0.05, 0.1) is 0 Å². The number of thiocarbonyl (C=S) groups is 1. The first-order chi connectivity index (χ1) is 10.5. The Morgan fingerprint density at radius 1 is 1.27 bits per heavy atom. The van der Waals surface area contributed by atoms with E-state index < -0.39 is 0 Å². The monoisotopic (exact) mass is 444 g/mol. The lowest BCUT2D eigenvalue weighted by Crippen LogP contribution is -2.38. The van der Waals surface area contributed by atoms with Gasteiger partial charge in [0.25, 0.3) is 5.91 Å². The molecular formula is C16H14ClIN2OS. The van der Waals surface area contributed by atoms with Gasteiger partial charge in [-0.2, -0.15) is 0 Å². The van der Waals surface area contributed by atoms with Gasteiger partial charge in [-0.05, 0) is 71.1 Å². The zero-order valence-electron chi connectivity index (χ0n) is 11.8. The Morgan fingerprint density at radius 2 is 2.00 bits per heavy atom. The predicted octanol–water partition coefficient (Wildman–Crippen LogP) is 4.06. The van der Waals surface area contributed by atoms with Crippen molar-refractivity contribution in [3.8, 4) is 0 Å². The zero-order valence-corrected chi connectivity index (χ0v) is 15.6. The maximum atomic E-state index is 12.1. The fraction of sp³-hybridized carbons (Fsp3) is 0.125. The molecule has 0 radical (unpaired) electrons. The van der Waals surface area contributed by atoms with Gasteiger partial charge < -0.3 is 5.32 Å². The third-order valence-corrected chi connectivity index (χ3v) is 4.84. The van der Waals surface area contributed by atoms with Crippen molar-refractivity contribution in [1.29, 1.82) is 0 Å². The Labute approximate surface area is 153 Å². The summed E-state index contributed by atoms with van der Waals surface area (Å²) in [6.07, 6.45) is 0. The molecule has 2 rings (SSSR count). The zero-order chi connectivity index (χ0) is 16.1. The second-order valence-electron chi connectivity index (χ2n) is 4.69. The van der Waals surface area contributed by atoms with Crippen molar-refractivity contribution in [2.45, 2.75) is 13.5 Å². The number of carbonyl (C=O) groups excluding carboxylic acids is 1. The van der Waals surface area contributed by atoms with Crippen LogP contribution in [0, 0.1) is 10.5 Å². The average Bonchev–Trinajstić information content (AvgIpc) is 2.49. The van der Waals surface area contributed by atoms with Crippen LogP contribution in [-0.4, -0.2) is 11.0 Å². The van der Waals surface area contributed by atoms with Gasteiger partial charge in [-0.25, -0.2) is 0 Å². The standard InChI is InChI=1S/C16H14ClIN2OS/c1-10-6-7-11(8-14(10)18)15(21)20-16(22)19-9-12-4-2-3-5-13(12)17/h2-8H,9H2,1H3,(H2,19,20,21,22). The van der Waals surface area contributed by atoms with E-state index in [1.807, 2.05) is 43.3 Å². The third kappa shape index (κ3) is 4.66. The fourth-order valence-corrected chi connectivity index (χ4v) is 2.65. The molecule has 0 saturated carbocycles. The molecule has 0 aliphatic carbocycles. The van der Waals surface area contributed by atoms with Gasteiger partial charge >= 0.3 is 0 Å². The van der Waals surface area contributed by atoms with Crippen molar-refractivity contribution in [2.24, 2.45) is 0 Å².